The van der Waals surface area contributed by atoms with Crippen molar-refractivity contribution in [1.82, 2.24) is 25.2 Å². The second-order valence-corrected chi connectivity index (χ2v) is 5.66. The van der Waals surface area contributed by atoms with Crippen molar-refractivity contribution < 1.29 is 9.32 Å². The van der Waals surface area contributed by atoms with Crippen molar-refractivity contribution in [2.75, 3.05) is 6.54 Å². The van der Waals surface area contributed by atoms with Gasteiger partial charge in [0, 0.05) is 35.9 Å². The zero-order valence-electron chi connectivity index (χ0n) is 13.0. The Labute approximate surface area is 143 Å². The highest BCUT2D eigenvalue weighted by atomic mass is 35.5. The molecule has 24 heavy (non-hydrogen) atoms. The fraction of sp³-hybridized carbons (Fsp3) is 0.250. The maximum atomic E-state index is 12.0. The number of carbonyl (C=O) groups is 1. The van der Waals surface area contributed by atoms with Crippen LogP contribution in [0.25, 0.3) is 11.4 Å². The molecule has 2 heterocycles. The molecule has 0 aliphatic heterocycles. The van der Waals surface area contributed by atoms with E-state index in [0.29, 0.717) is 29.7 Å². The minimum atomic E-state index is -0.371. The monoisotopic (exact) mass is 345 g/mol. The summed E-state index contributed by atoms with van der Waals surface area (Å²) in [5.41, 5.74) is 0.786. The average Bonchev–Trinajstić information content (AvgIpc) is 3.26. The lowest BCUT2D eigenvalue weighted by molar-refractivity contribution is -0.124. The summed E-state index contributed by atoms with van der Waals surface area (Å²) in [6, 6.07) is 8.63. The summed E-state index contributed by atoms with van der Waals surface area (Å²) in [5.74, 6) is 0.814. The van der Waals surface area contributed by atoms with Crippen LogP contribution in [0.15, 0.2) is 47.2 Å². The standard InChI is InChI=1S/C16H16ClN5O2/c1-11(22-9-3-7-19-22)16(23)18-8-6-14-20-15(21-24-14)12-4-2-5-13(17)10-12/h2-5,7,9-11H,6,8H2,1H3,(H,18,23)/t11-/m1/s1. The smallest absolute Gasteiger partial charge is 0.244 e. The molecule has 0 aliphatic rings. The molecule has 1 atom stereocenters. The largest absolute Gasteiger partial charge is 0.354 e. The molecule has 3 rings (SSSR count). The van der Waals surface area contributed by atoms with E-state index < -0.39 is 0 Å². The zero-order chi connectivity index (χ0) is 16.9. The Morgan fingerprint density at radius 1 is 1.42 bits per heavy atom. The molecule has 0 radical (unpaired) electrons. The molecule has 2 aromatic heterocycles. The number of nitrogens with zero attached hydrogens (tertiary/aromatic N) is 4. The Morgan fingerprint density at radius 2 is 2.29 bits per heavy atom. The first-order valence-electron chi connectivity index (χ1n) is 7.49. The normalized spacial score (nSPS) is 12.1. The second-order valence-electron chi connectivity index (χ2n) is 5.23. The van der Waals surface area contributed by atoms with E-state index in [-0.39, 0.29) is 11.9 Å². The summed E-state index contributed by atoms with van der Waals surface area (Å²) in [7, 11) is 0. The van der Waals surface area contributed by atoms with E-state index in [1.54, 1.807) is 42.2 Å². The van der Waals surface area contributed by atoms with Crippen LogP contribution in [-0.2, 0) is 11.2 Å². The molecule has 124 valence electrons. The second kappa shape index (κ2) is 7.27. The van der Waals surface area contributed by atoms with Gasteiger partial charge in [-0.05, 0) is 25.1 Å². The van der Waals surface area contributed by atoms with E-state index in [1.807, 2.05) is 12.1 Å². The molecule has 0 aliphatic carbocycles. The summed E-state index contributed by atoms with van der Waals surface area (Å²) in [4.78, 5) is 16.4. The molecule has 0 saturated carbocycles. The number of hydrogen-bond donors (Lipinski definition) is 1. The molecular weight excluding hydrogens is 330 g/mol. The molecule has 0 bridgehead atoms. The van der Waals surface area contributed by atoms with Crippen molar-refractivity contribution in [3.63, 3.8) is 0 Å². The third kappa shape index (κ3) is 3.80. The molecular formula is C16H16ClN5O2. The van der Waals surface area contributed by atoms with Crippen LogP contribution in [0.1, 0.15) is 18.9 Å². The summed E-state index contributed by atoms with van der Waals surface area (Å²) in [6.45, 7) is 2.19. The number of rotatable bonds is 6. The van der Waals surface area contributed by atoms with Gasteiger partial charge in [0.25, 0.3) is 0 Å². The van der Waals surface area contributed by atoms with E-state index in [4.69, 9.17) is 16.1 Å². The highest BCUT2D eigenvalue weighted by molar-refractivity contribution is 6.30. The third-order valence-electron chi connectivity index (χ3n) is 3.49. The first-order valence-corrected chi connectivity index (χ1v) is 7.86. The van der Waals surface area contributed by atoms with E-state index in [2.05, 4.69) is 20.6 Å². The predicted molar refractivity (Wildman–Crippen MR) is 88.4 cm³/mol. The Balaban J connectivity index is 1.53. The minimum Gasteiger partial charge on any atom is -0.354 e. The van der Waals surface area contributed by atoms with Crippen LogP contribution in [0.4, 0.5) is 0 Å². The van der Waals surface area contributed by atoms with Crippen LogP contribution >= 0.6 is 11.6 Å². The SMILES string of the molecule is C[C@H](C(=O)NCCc1nc(-c2cccc(Cl)c2)no1)n1cccn1. The lowest BCUT2D eigenvalue weighted by Gasteiger charge is -2.11. The summed E-state index contributed by atoms with van der Waals surface area (Å²) < 4.78 is 6.80. The number of carbonyl (C=O) groups excluding carboxylic acids is 1. The fourth-order valence-electron chi connectivity index (χ4n) is 2.17. The Morgan fingerprint density at radius 3 is 3.04 bits per heavy atom. The Hall–Kier alpha value is -2.67. The van der Waals surface area contributed by atoms with Gasteiger partial charge in [0.15, 0.2) is 0 Å². The number of hydrogen-bond acceptors (Lipinski definition) is 5. The zero-order valence-corrected chi connectivity index (χ0v) is 13.8. The van der Waals surface area contributed by atoms with E-state index >= 15 is 0 Å². The number of amides is 1. The molecule has 3 aromatic rings. The lowest BCUT2D eigenvalue weighted by Crippen LogP contribution is -2.32. The van der Waals surface area contributed by atoms with Crippen LogP contribution in [0.5, 0.6) is 0 Å². The van der Waals surface area contributed by atoms with Crippen molar-refractivity contribution in [3.8, 4) is 11.4 Å². The van der Waals surface area contributed by atoms with Gasteiger partial charge in [0.2, 0.25) is 17.6 Å². The van der Waals surface area contributed by atoms with Crippen LogP contribution < -0.4 is 5.32 Å². The number of aromatic nitrogens is 4. The average molecular weight is 346 g/mol. The molecule has 1 amide bonds. The molecule has 0 fully saturated rings. The maximum Gasteiger partial charge on any atom is 0.244 e. The molecule has 1 aromatic carbocycles. The topological polar surface area (TPSA) is 85.8 Å². The van der Waals surface area contributed by atoms with Gasteiger partial charge in [0.1, 0.15) is 6.04 Å². The first kappa shape index (κ1) is 16.2. The van der Waals surface area contributed by atoms with Crippen LogP contribution in [0, 0.1) is 0 Å². The maximum absolute atomic E-state index is 12.0. The van der Waals surface area contributed by atoms with Crippen molar-refractivity contribution in [2.24, 2.45) is 0 Å². The molecule has 7 nitrogen and oxygen atoms in total. The minimum absolute atomic E-state index is 0.117. The lowest BCUT2D eigenvalue weighted by atomic mass is 10.2. The van der Waals surface area contributed by atoms with Crippen LogP contribution in [0.3, 0.4) is 0 Å². The quantitative estimate of drug-likeness (QED) is 0.741. The van der Waals surface area contributed by atoms with Gasteiger partial charge < -0.3 is 9.84 Å². The highest BCUT2D eigenvalue weighted by Gasteiger charge is 2.15. The molecule has 0 unspecified atom stereocenters. The van der Waals surface area contributed by atoms with Gasteiger partial charge in [-0.15, -0.1) is 0 Å². The third-order valence-corrected chi connectivity index (χ3v) is 3.73. The Bertz CT molecular complexity index is 816. The van der Waals surface area contributed by atoms with Gasteiger partial charge in [-0.1, -0.05) is 28.9 Å². The number of benzene rings is 1. The summed E-state index contributed by atoms with van der Waals surface area (Å²) in [5, 5.41) is 11.4. The van der Waals surface area contributed by atoms with Gasteiger partial charge >= 0.3 is 0 Å². The van der Waals surface area contributed by atoms with Gasteiger partial charge in [-0.25, -0.2) is 0 Å². The van der Waals surface area contributed by atoms with Crippen molar-refractivity contribution in [1.29, 1.82) is 0 Å². The fourth-order valence-corrected chi connectivity index (χ4v) is 2.36. The number of halogens is 1. The van der Waals surface area contributed by atoms with Crippen molar-refractivity contribution in [3.05, 3.63) is 53.6 Å². The highest BCUT2D eigenvalue weighted by Crippen LogP contribution is 2.19. The molecule has 1 N–H and O–H groups in total. The van der Waals surface area contributed by atoms with Gasteiger partial charge in [0.05, 0.1) is 0 Å². The summed E-state index contributed by atoms with van der Waals surface area (Å²) in [6.07, 6.45) is 3.84. The molecule has 8 heteroatoms. The van der Waals surface area contributed by atoms with E-state index in [9.17, 15) is 4.79 Å². The summed E-state index contributed by atoms with van der Waals surface area (Å²) >= 11 is 5.95. The van der Waals surface area contributed by atoms with Crippen molar-refractivity contribution >= 4 is 17.5 Å². The van der Waals surface area contributed by atoms with Crippen LogP contribution in [-0.4, -0.2) is 32.4 Å². The number of nitrogens with one attached hydrogen (secondary N) is 1. The van der Waals surface area contributed by atoms with Gasteiger partial charge in [-0.3, -0.25) is 9.48 Å². The predicted octanol–water partition coefficient (Wildman–Crippen LogP) is 2.51. The van der Waals surface area contributed by atoms with E-state index in [1.165, 1.54) is 0 Å². The Kier molecular flexibility index (Phi) is 4.90. The van der Waals surface area contributed by atoms with Gasteiger partial charge in [-0.2, -0.15) is 10.1 Å². The first-order chi connectivity index (χ1) is 11.6. The van der Waals surface area contributed by atoms with Crippen molar-refractivity contribution in [2.45, 2.75) is 19.4 Å². The van der Waals surface area contributed by atoms with E-state index in [0.717, 1.165) is 5.56 Å². The molecule has 0 spiro atoms. The van der Waals surface area contributed by atoms with Crippen LogP contribution in [0.2, 0.25) is 5.02 Å². The molecule has 0 saturated heterocycles.